The highest BCUT2D eigenvalue weighted by Gasteiger charge is 2.12. The van der Waals surface area contributed by atoms with Crippen LogP contribution in [0.3, 0.4) is 0 Å². The van der Waals surface area contributed by atoms with Crippen LogP contribution in [0.2, 0.25) is 5.02 Å². The third-order valence-electron chi connectivity index (χ3n) is 3.23. The van der Waals surface area contributed by atoms with E-state index >= 15 is 0 Å². The van der Waals surface area contributed by atoms with Crippen molar-refractivity contribution >= 4 is 34.2 Å². The van der Waals surface area contributed by atoms with E-state index in [-0.39, 0.29) is 0 Å². The third-order valence-corrected chi connectivity index (χ3v) is 3.77. The van der Waals surface area contributed by atoms with Gasteiger partial charge in [0, 0.05) is 19.8 Å². The monoisotopic (exact) mass is 314 g/mol. The molecule has 0 aliphatic heterocycles. The van der Waals surface area contributed by atoms with Crippen LogP contribution in [0.5, 0.6) is 0 Å². The van der Waals surface area contributed by atoms with Crippen LogP contribution in [0.1, 0.15) is 32.0 Å². The first kappa shape index (κ1) is 15.6. The lowest BCUT2D eigenvalue weighted by atomic mass is 10.3. The zero-order chi connectivity index (χ0) is 14.4. The lowest BCUT2D eigenvalue weighted by molar-refractivity contribution is 0.126. The highest BCUT2D eigenvalue weighted by atomic mass is 35.5. The molecule has 0 saturated carbocycles. The molecule has 2 aromatic rings. The summed E-state index contributed by atoms with van der Waals surface area (Å²) in [5.41, 5.74) is 1.87. The average Bonchev–Trinajstić information content (AvgIpc) is 2.82. The molecule has 0 unspecified atom stereocenters. The number of aryl methyl sites for hydroxylation is 1. The number of halogens is 2. The molecule has 0 aliphatic rings. The molecule has 0 bridgehead atoms. The SMILES string of the molecule is CCCCOCCCn1c(CCl)nc2cccc(Cl)c21. The molecule has 110 valence electrons. The van der Waals surface area contributed by atoms with E-state index in [0.29, 0.717) is 5.88 Å². The van der Waals surface area contributed by atoms with Gasteiger partial charge in [-0.15, -0.1) is 11.6 Å². The van der Waals surface area contributed by atoms with Crippen molar-refractivity contribution in [3.8, 4) is 0 Å². The van der Waals surface area contributed by atoms with Crippen LogP contribution in [-0.4, -0.2) is 22.8 Å². The third kappa shape index (κ3) is 3.66. The molecule has 1 heterocycles. The number of hydrogen-bond donors (Lipinski definition) is 0. The standard InChI is InChI=1S/C15H20Cl2N2O/c1-2-3-9-20-10-5-8-19-14(11-16)18-13-7-4-6-12(17)15(13)19/h4,6-7H,2-3,5,8-11H2,1H3. The van der Waals surface area contributed by atoms with Gasteiger partial charge in [-0.3, -0.25) is 0 Å². The topological polar surface area (TPSA) is 27.1 Å². The Bertz CT molecular complexity index is 554. The molecule has 0 saturated heterocycles. The van der Waals surface area contributed by atoms with E-state index in [0.717, 1.165) is 60.9 Å². The van der Waals surface area contributed by atoms with Crippen molar-refractivity contribution in [3.63, 3.8) is 0 Å². The number of nitrogens with zero attached hydrogens (tertiary/aromatic N) is 2. The Balaban J connectivity index is 2.04. The fourth-order valence-corrected chi connectivity index (χ4v) is 2.68. The number of hydrogen-bond acceptors (Lipinski definition) is 2. The number of fused-ring (bicyclic) bond motifs is 1. The average molecular weight is 315 g/mol. The van der Waals surface area contributed by atoms with Crippen molar-refractivity contribution in [1.82, 2.24) is 9.55 Å². The molecule has 2 rings (SSSR count). The van der Waals surface area contributed by atoms with E-state index in [2.05, 4.69) is 16.5 Å². The molecule has 0 N–H and O–H groups in total. The second-order valence-electron chi connectivity index (χ2n) is 4.74. The molecular formula is C15H20Cl2N2O. The predicted octanol–water partition coefficient (Wildman–Crippen LogP) is 4.64. The highest BCUT2D eigenvalue weighted by Crippen LogP contribution is 2.25. The van der Waals surface area contributed by atoms with E-state index in [1.54, 1.807) is 0 Å². The fraction of sp³-hybridized carbons (Fsp3) is 0.533. The molecule has 0 amide bonds. The quantitative estimate of drug-likeness (QED) is 0.524. The van der Waals surface area contributed by atoms with Gasteiger partial charge in [-0.1, -0.05) is 31.0 Å². The van der Waals surface area contributed by atoms with Crippen molar-refractivity contribution < 1.29 is 4.74 Å². The van der Waals surface area contributed by atoms with Crippen LogP contribution >= 0.6 is 23.2 Å². The summed E-state index contributed by atoms with van der Waals surface area (Å²) >= 11 is 12.3. The molecule has 20 heavy (non-hydrogen) atoms. The normalized spacial score (nSPS) is 11.3. The lowest BCUT2D eigenvalue weighted by Crippen LogP contribution is -2.06. The van der Waals surface area contributed by atoms with Gasteiger partial charge in [-0.05, 0) is 25.0 Å². The Morgan fingerprint density at radius 2 is 2.05 bits per heavy atom. The molecule has 0 fully saturated rings. The van der Waals surface area contributed by atoms with Crippen LogP contribution in [-0.2, 0) is 17.2 Å². The summed E-state index contributed by atoms with van der Waals surface area (Å²) < 4.78 is 7.69. The summed E-state index contributed by atoms with van der Waals surface area (Å²) in [6, 6.07) is 5.76. The zero-order valence-corrected chi connectivity index (χ0v) is 13.3. The molecule has 1 aromatic heterocycles. The number of unbranched alkanes of at least 4 members (excludes halogenated alkanes) is 1. The van der Waals surface area contributed by atoms with Gasteiger partial charge in [-0.2, -0.15) is 0 Å². The first-order valence-corrected chi connectivity index (χ1v) is 7.96. The van der Waals surface area contributed by atoms with Gasteiger partial charge in [0.1, 0.15) is 5.82 Å². The summed E-state index contributed by atoms with van der Waals surface area (Å²) in [6.45, 7) is 4.58. The van der Waals surface area contributed by atoms with E-state index < -0.39 is 0 Å². The Hall–Kier alpha value is -0.770. The molecular weight excluding hydrogens is 295 g/mol. The van der Waals surface area contributed by atoms with Crippen molar-refractivity contribution in [2.45, 2.75) is 38.6 Å². The van der Waals surface area contributed by atoms with Gasteiger partial charge in [0.15, 0.2) is 0 Å². The molecule has 1 aromatic carbocycles. The number of imidazole rings is 1. The van der Waals surface area contributed by atoms with Crippen LogP contribution in [0.4, 0.5) is 0 Å². The molecule has 3 nitrogen and oxygen atoms in total. The minimum Gasteiger partial charge on any atom is -0.381 e. The van der Waals surface area contributed by atoms with E-state index in [1.807, 2.05) is 18.2 Å². The Labute approximate surface area is 129 Å². The maximum atomic E-state index is 6.28. The minimum atomic E-state index is 0.391. The summed E-state index contributed by atoms with van der Waals surface area (Å²) in [5.74, 6) is 1.25. The lowest BCUT2D eigenvalue weighted by Gasteiger charge is -2.09. The zero-order valence-electron chi connectivity index (χ0n) is 11.7. The largest absolute Gasteiger partial charge is 0.381 e. The summed E-state index contributed by atoms with van der Waals surface area (Å²) in [5, 5.41) is 0.721. The van der Waals surface area contributed by atoms with Gasteiger partial charge in [-0.25, -0.2) is 4.98 Å². The number of ether oxygens (including phenoxy) is 1. The van der Waals surface area contributed by atoms with Crippen LogP contribution in [0, 0.1) is 0 Å². The van der Waals surface area contributed by atoms with Gasteiger partial charge in [0.2, 0.25) is 0 Å². The van der Waals surface area contributed by atoms with E-state index in [4.69, 9.17) is 27.9 Å². The second-order valence-corrected chi connectivity index (χ2v) is 5.41. The van der Waals surface area contributed by atoms with Gasteiger partial charge < -0.3 is 9.30 Å². The van der Waals surface area contributed by atoms with E-state index in [1.165, 1.54) is 0 Å². The number of rotatable bonds is 8. The molecule has 0 aliphatic carbocycles. The molecule has 0 spiro atoms. The number of alkyl halides is 1. The fourth-order valence-electron chi connectivity index (χ4n) is 2.21. The van der Waals surface area contributed by atoms with Gasteiger partial charge in [0.25, 0.3) is 0 Å². The van der Waals surface area contributed by atoms with Crippen molar-refractivity contribution in [1.29, 1.82) is 0 Å². The number of para-hydroxylation sites is 1. The van der Waals surface area contributed by atoms with E-state index in [9.17, 15) is 0 Å². The van der Waals surface area contributed by atoms with Gasteiger partial charge >= 0.3 is 0 Å². The minimum absolute atomic E-state index is 0.391. The van der Waals surface area contributed by atoms with Crippen LogP contribution in [0.15, 0.2) is 18.2 Å². The van der Waals surface area contributed by atoms with Crippen molar-refractivity contribution in [2.75, 3.05) is 13.2 Å². The summed E-state index contributed by atoms with van der Waals surface area (Å²) in [7, 11) is 0. The predicted molar refractivity (Wildman–Crippen MR) is 84.6 cm³/mol. The van der Waals surface area contributed by atoms with Crippen LogP contribution in [0.25, 0.3) is 11.0 Å². The maximum Gasteiger partial charge on any atom is 0.124 e. The smallest absolute Gasteiger partial charge is 0.124 e. The number of aromatic nitrogens is 2. The Morgan fingerprint density at radius 3 is 2.80 bits per heavy atom. The Morgan fingerprint density at radius 1 is 1.25 bits per heavy atom. The molecule has 5 heteroatoms. The molecule has 0 atom stereocenters. The second kappa shape index (κ2) is 7.87. The van der Waals surface area contributed by atoms with Crippen molar-refractivity contribution in [3.05, 3.63) is 29.0 Å². The van der Waals surface area contributed by atoms with Gasteiger partial charge in [0.05, 0.1) is 21.9 Å². The first-order valence-electron chi connectivity index (χ1n) is 7.05. The highest BCUT2D eigenvalue weighted by molar-refractivity contribution is 6.35. The van der Waals surface area contributed by atoms with Crippen LogP contribution < -0.4 is 0 Å². The summed E-state index contributed by atoms with van der Waals surface area (Å²) in [6.07, 6.45) is 3.22. The maximum absolute atomic E-state index is 6.28. The number of benzene rings is 1. The molecule has 0 radical (unpaired) electrons. The van der Waals surface area contributed by atoms with Crippen molar-refractivity contribution in [2.24, 2.45) is 0 Å². The Kier molecular flexibility index (Phi) is 6.14. The summed E-state index contributed by atoms with van der Waals surface area (Å²) in [4.78, 5) is 4.53. The first-order chi connectivity index (χ1) is 9.77.